The molecule has 0 saturated carbocycles. The monoisotopic (exact) mass is 357 g/mol. The van der Waals surface area contributed by atoms with Crippen molar-refractivity contribution in [3.05, 3.63) is 59.4 Å². The molecule has 26 heavy (non-hydrogen) atoms. The van der Waals surface area contributed by atoms with Gasteiger partial charge in [-0.2, -0.15) is 0 Å². The summed E-state index contributed by atoms with van der Waals surface area (Å²) in [5.41, 5.74) is 2.01. The third-order valence-corrected chi connectivity index (χ3v) is 4.31. The Bertz CT molecular complexity index is 815. The van der Waals surface area contributed by atoms with Gasteiger partial charge in [0, 0.05) is 17.7 Å². The topological polar surface area (TPSA) is 64.6 Å². The summed E-state index contributed by atoms with van der Waals surface area (Å²) in [6.45, 7) is 1.15. The van der Waals surface area contributed by atoms with Gasteiger partial charge >= 0.3 is 5.97 Å². The molecule has 0 aromatic heterocycles. The fourth-order valence-electron chi connectivity index (χ4n) is 2.89. The first-order valence-corrected chi connectivity index (χ1v) is 8.41. The van der Waals surface area contributed by atoms with E-state index < -0.39 is 11.8 Å². The Kier molecular flexibility index (Phi) is 5.63. The fraction of sp³-hybridized carbons (Fsp3) is 0.300. The van der Waals surface area contributed by atoms with Crippen molar-refractivity contribution < 1.29 is 23.5 Å². The number of carbonyl (C=O) groups is 2. The van der Waals surface area contributed by atoms with E-state index in [1.165, 1.54) is 13.2 Å². The van der Waals surface area contributed by atoms with E-state index in [-0.39, 0.29) is 18.4 Å². The number of rotatable bonds is 5. The van der Waals surface area contributed by atoms with Crippen LogP contribution < -0.4 is 5.32 Å². The summed E-state index contributed by atoms with van der Waals surface area (Å²) in [6.07, 6.45) is 0.848. The molecule has 0 radical (unpaired) electrons. The number of halogens is 1. The molecule has 1 aliphatic rings. The van der Waals surface area contributed by atoms with Crippen molar-refractivity contribution in [2.75, 3.05) is 20.3 Å². The van der Waals surface area contributed by atoms with E-state index in [2.05, 4.69) is 10.1 Å². The third-order valence-electron chi connectivity index (χ3n) is 4.31. The summed E-state index contributed by atoms with van der Waals surface area (Å²) in [7, 11) is 1.31. The maximum absolute atomic E-state index is 14.3. The van der Waals surface area contributed by atoms with E-state index in [9.17, 15) is 14.0 Å². The lowest BCUT2D eigenvalue weighted by Gasteiger charge is -2.12. The zero-order valence-corrected chi connectivity index (χ0v) is 14.5. The zero-order valence-electron chi connectivity index (χ0n) is 14.5. The number of carbonyl (C=O) groups excluding carboxylic acids is 2. The Morgan fingerprint density at radius 3 is 2.85 bits per heavy atom. The highest BCUT2D eigenvalue weighted by Crippen LogP contribution is 2.25. The highest BCUT2D eigenvalue weighted by atomic mass is 19.1. The summed E-state index contributed by atoms with van der Waals surface area (Å²) in [4.78, 5) is 23.8. The van der Waals surface area contributed by atoms with Gasteiger partial charge in [0.05, 0.1) is 26.2 Å². The van der Waals surface area contributed by atoms with Crippen LogP contribution in [0.4, 0.5) is 4.39 Å². The Labute approximate surface area is 151 Å². The highest BCUT2D eigenvalue weighted by molar-refractivity contribution is 5.95. The molecule has 1 N–H and O–H groups in total. The second kappa shape index (κ2) is 8.10. The van der Waals surface area contributed by atoms with Gasteiger partial charge in [-0.15, -0.1) is 0 Å². The van der Waals surface area contributed by atoms with E-state index >= 15 is 0 Å². The summed E-state index contributed by atoms with van der Waals surface area (Å²) in [5.74, 6) is -1.02. The van der Waals surface area contributed by atoms with Crippen molar-refractivity contribution in [1.82, 2.24) is 5.32 Å². The van der Waals surface area contributed by atoms with Crippen LogP contribution in [0.3, 0.4) is 0 Å². The molecule has 136 valence electrons. The average Bonchev–Trinajstić information content (AvgIpc) is 3.16. The van der Waals surface area contributed by atoms with Crippen LogP contribution in [-0.4, -0.2) is 38.2 Å². The van der Waals surface area contributed by atoms with Gasteiger partial charge < -0.3 is 14.8 Å². The smallest absolute Gasteiger partial charge is 0.309 e. The Hall–Kier alpha value is -2.73. The SMILES string of the molecule is COC(=O)Cc1ccc(F)c(-c2cccc(C(=O)NC3CCOC3)c2)c1. The van der Waals surface area contributed by atoms with Crippen LogP contribution >= 0.6 is 0 Å². The van der Waals surface area contributed by atoms with Crippen LogP contribution in [0.5, 0.6) is 0 Å². The van der Waals surface area contributed by atoms with Crippen LogP contribution in [0, 0.1) is 5.82 Å². The van der Waals surface area contributed by atoms with Gasteiger partial charge in [-0.3, -0.25) is 9.59 Å². The molecule has 0 aliphatic carbocycles. The Balaban J connectivity index is 1.83. The molecule has 2 aromatic rings. The average molecular weight is 357 g/mol. The van der Waals surface area contributed by atoms with Gasteiger partial charge in [-0.25, -0.2) is 4.39 Å². The first-order valence-electron chi connectivity index (χ1n) is 8.41. The molecular formula is C20H20FNO4. The van der Waals surface area contributed by atoms with Gasteiger partial charge in [0.15, 0.2) is 0 Å². The maximum atomic E-state index is 14.3. The van der Waals surface area contributed by atoms with E-state index in [4.69, 9.17) is 4.74 Å². The molecule has 3 rings (SSSR count). The lowest BCUT2D eigenvalue weighted by atomic mass is 9.99. The van der Waals surface area contributed by atoms with Gasteiger partial charge in [-0.1, -0.05) is 18.2 Å². The van der Waals surface area contributed by atoms with Crippen LogP contribution in [-0.2, 0) is 20.7 Å². The minimum Gasteiger partial charge on any atom is -0.469 e. The normalized spacial score (nSPS) is 16.3. The number of ether oxygens (including phenoxy) is 2. The number of hydrogen-bond donors (Lipinski definition) is 1. The van der Waals surface area contributed by atoms with Crippen molar-refractivity contribution in [3.63, 3.8) is 0 Å². The minimum absolute atomic E-state index is 0.00581. The second-order valence-electron chi connectivity index (χ2n) is 6.18. The molecule has 1 aliphatic heterocycles. The third kappa shape index (κ3) is 4.26. The lowest BCUT2D eigenvalue weighted by molar-refractivity contribution is -0.139. The highest BCUT2D eigenvalue weighted by Gasteiger charge is 2.19. The van der Waals surface area contributed by atoms with Crippen molar-refractivity contribution in [1.29, 1.82) is 0 Å². The molecular weight excluding hydrogens is 337 g/mol. The summed E-state index contributed by atoms with van der Waals surface area (Å²) >= 11 is 0. The van der Waals surface area contributed by atoms with Crippen molar-refractivity contribution in [2.45, 2.75) is 18.9 Å². The van der Waals surface area contributed by atoms with Crippen molar-refractivity contribution in [3.8, 4) is 11.1 Å². The van der Waals surface area contributed by atoms with Crippen molar-refractivity contribution >= 4 is 11.9 Å². The van der Waals surface area contributed by atoms with E-state index in [0.717, 1.165) is 6.42 Å². The Morgan fingerprint density at radius 1 is 1.27 bits per heavy atom. The number of hydrogen-bond acceptors (Lipinski definition) is 4. The van der Waals surface area contributed by atoms with Gasteiger partial charge in [-0.05, 0) is 41.8 Å². The molecule has 2 aromatic carbocycles. The molecule has 0 spiro atoms. The number of benzene rings is 2. The minimum atomic E-state index is -0.416. The zero-order chi connectivity index (χ0) is 18.5. The Morgan fingerprint density at radius 2 is 2.12 bits per heavy atom. The van der Waals surface area contributed by atoms with Crippen molar-refractivity contribution in [2.24, 2.45) is 0 Å². The first kappa shape index (κ1) is 18.1. The van der Waals surface area contributed by atoms with E-state index in [1.54, 1.807) is 36.4 Å². The predicted molar refractivity (Wildman–Crippen MR) is 94.2 cm³/mol. The summed E-state index contributed by atoms with van der Waals surface area (Å²) in [6, 6.07) is 11.2. The van der Waals surface area contributed by atoms with Crippen LogP contribution in [0.15, 0.2) is 42.5 Å². The van der Waals surface area contributed by atoms with Crippen LogP contribution in [0.1, 0.15) is 22.3 Å². The molecule has 6 heteroatoms. The van der Waals surface area contributed by atoms with Gasteiger partial charge in [0.1, 0.15) is 5.82 Å². The van der Waals surface area contributed by atoms with E-state index in [1.807, 2.05) is 0 Å². The van der Waals surface area contributed by atoms with Crippen LogP contribution in [0.25, 0.3) is 11.1 Å². The molecule has 5 nitrogen and oxygen atoms in total. The molecule has 1 unspecified atom stereocenters. The van der Waals surface area contributed by atoms with E-state index in [0.29, 0.717) is 35.5 Å². The molecule has 1 amide bonds. The lowest BCUT2D eigenvalue weighted by Crippen LogP contribution is -2.34. The number of amides is 1. The quantitative estimate of drug-likeness (QED) is 0.836. The molecule has 1 fully saturated rings. The predicted octanol–water partition coefficient (Wildman–Crippen LogP) is 2.73. The summed E-state index contributed by atoms with van der Waals surface area (Å²) < 4.78 is 24.2. The maximum Gasteiger partial charge on any atom is 0.309 e. The van der Waals surface area contributed by atoms with Gasteiger partial charge in [0.25, 0.3) is 5.91 Å². The number of methoxy groups -OCH3 is 1. The number of nitrogens with one attached hydrogen (secondary N) is 1. The van der Waals surface area contributed by atoms with Crippen LogP contribution in [0.2, 0.25) is 0 Å². The molecule has 1 atom stereocenters. The largest absolute Gasteiger partial charge is 0.469 e. The second-order valence-corrected chi connectivity index (χ2v) is 6.18. The first-order chi connectivity index (χ1) is 12.6. The molecule has 0 bridgehead atoms. The fourth-order valence-corrected chi connectivity index (χ4v) is 2.89. The number of esters is 1. The van der Waals surface area contributed by atoms with Gasteiger partial charge in [0.2, 0.25) is 0 Å². The standard InChI is InChI=1S/C20H20FNO4/c1-25-19(23)10-13-5-6-18(21)17(9-13)14-3-2-4-15(11-14)20(24)22-16-7-8-26-12-16/h2-6,9,11,16H,7-8,10,12H2,1H3,(H,22,24). The molecule has 1 saturated heterocycles. The summed E-state index contributed by atoms with van der Waals surface area (Å²) in [5, 5.41) is 2.91. The molecule has 1 heterocycles.